The van der Waals surface area contributed by atoms with Crippen LogP contribution in [-0.2, 0) is 10.0 Å². The summed E-state index contributed by atoms with van der Waals surface area (Å²) in [6.45, 7) is 5.48. The molecule has 0 aromatic heterocycles. The van der Waals surface area contributed by atoms with Crippen molar-refractivity contribution in [3.05, 3.63) is 76.3 Å². The number of benzene rings is 2. The van der Waals surface area contributed by atoms with Gasteiger partial charge in [0.1, 0.15) is 5.70 Å². The Labute approximate surface area is 195 Å². The van der Waals surface area contributed by atoms with E-state index in [4.69, 9.17) is 0 Å². The molecular formula is C26H30N2O4S. The van der Waals surface area contributed by atoms with Crippen molar-refractivity contribution in [3.63, 3.8) is 0 Å². The first-order valence-electron chi connectivity index (χ1n) is 11.6. The number of ketones is 2. The average Bonchev–Trinajstić information content (AvgIpc) is 2.82. The maximum Gasteiger partial charge on any atom is 0.270 e. The molecule has 0 N–H and O–H groups in total. The summed E-state index contributed by atoms with van der Waals surface area (Å²) in [5.41, 5.74) is 0.945. The van der Waals surface area contributed by atoms with E-state index in [0.29, 0.717) is 31.1 Å². The van der Waals surface area contributed by atoms with Crippen LogP contribution in [0.5, 0.6) is 0 Å². The first-order chi connectivity index (χ1) is 15.9. The number of Topliss-reactive ketones (excluding diaryl/α,β-unsaturated/α-hetero) is 2. The molecule has 0 bridgehead atoms. The Bertz CT molecular complexity index is 1180. The first kappa shape index (κ1) is 23.2. The maximum absolute atomic E-state index is 14.1. The minimum Gasteiger partial charge on any atom is -0.367 e. The SMILES string of the molecule is CCCCN(c1ccccc1)S(=O)(=O)C1=C(N2CCC(C)CC2)C(=O)c2ccccc2C1=O. The summed E-state index contributed by atoms with van der Waals surface area (Å²) in [7, 11) is -4.29. The van der Waals surface area contributed by atoms with E-state index < -0.39 is 15.8 Å². The summed E-state index contributed by atoms with van der Waals surface area (Å²) < 4.78 is 29.6. The number of para-hydroxylation sites is 1. The van der Waals surface area contributed by atoms with Crippen LogP contribution in [-0.4, -0.2) is 44.5 Å². The fourth-order valence-corrected chi connectivity index (χ4v) is 6.29. The highest BCUT2D eigenvalue weighted by atomic mass is 32.2. The van der Waals surface area contributed by atoms with Gasteiger partial charge in [-0.25, -0.2) is 8.42 Å². The van der Waals surface area contributed by atoms with Crippen molar-refractivity contribution in [1.82, 2.24) is 4.90 Å². The van der Waals surface area contributed by atoms with Gasteiger partial charge in [0.15, 0.2) is 4.91 Å². The van der Waals surface area contributed by atoms with Crippen molar-refractivity contribution >= 4 is 27.3 Å². The third kappa shape index (κ3) is 4.34. The minimum atomic E-state index is -4.29. The number of sulfonamides is 1. The van der Waals surface area contributed by atoms with E-state index in [2.05, 4.69) is 6.92 Å². The van der Waals surface area contributed by atoms with Crippen molar-refractivity contribution in [2.45, 2.75) is 39.5 Å². The van der Waals surface area contributed by atoms with Gasteiger partial charge in [0.2, 0.25) is 11.6 Å². The minimum absolute atomic E-state index is 0.0306. The lowest BCUT2D eigenvalue weighted by Crippen LogP contribution is -2.43. The monoisotopic (exact) mass is 466 g/mol. The highest BCUT2D eigenvalue weighted by Crippen LogP contribution is 2.36. The topological polar surface area (TPSA) is 74.8 Å². The maximum atomic E-state index is 14.1. The molecule has 2 aliphatic rings. The van der Waals surface area contributed by atoms with E-state index in [1.165, 1.54) is 4.31 Å². The molecule has 0 spiro atoms. The van der Waals surface area contributed by atoms with Gasteiger partial charge in [0.05, 0.1) is 5.69 Å². The molecule has 0 unspecified atom stereocenters. The number of fused-ring (bicyclic) bond motifs is 1. The number of hydrogen-bond acceptors (Lipinski definition) is 5. The average molecular weight is 467 g/mol. The Morgan fingerprint density at radius 3 is 2.09 bits per heavy atom. The van der Waals surface area contributed by atoms with Gasteiger partial charge in [0, 0.05) is 30.8 Å². The Morgan fingerprint density at radius 2 is 1.48 bits per heavy atom. The predicted octanol–water partition coefficient (Wildman–Crippen LogP) is 4.65. The Kier molecular flexibility index (Phi) is 6.70. The molecule has 1 aliphatic heterocycles. The van der Waals surface area contributed by atoms with Gasteiger partial charge in [-0.3, -0.25) is 13.9 Å². The van der Waals surface area contributed by atoms with Crippen LogP contribution in [0.25, 0.3) is 0 Å². The van der Waals surface area contributed by atoms with Crippen LogP contribution in [0.2, 0.25) is 0 Å². The molecule has 6 nitrogen and oxygen atoms in total. The van der Waals surface area contributed by atoms with Crippen LogP contribution >= 0.6 is 0 Å². The van der Waals surface area contributed by atoms with E-state index in [-0.39, 0.29) is 34.1 Å². The molecule has 0 amide bonds. The van der Waals surface area contributed by atoms with E-state index in [1.54, 1.807) is 48.5 Å². The highest BCUT2D eigenvalue weighted by molar-refractivity contribution is 7.97. The fraction of sp³-hybridized carbons (Fsp3) is 0.385. The molecule has 33 heavy (non-hydrogen) atoms. The molecular weight excluding hydrogens is 436 g/mol. The molecule has 7 heteroatoms. The van der Waals surface area contributed by atoms with Crippen molar-refractivity contribution < 1.29 is 18.0 Å². The summed E-state index contributed by atoms with van der Waals surface area (Å²) >= 11 is 0. The van der Waals surface area contributed by atoms with Crippen molar-refractivity contribution in [1.29, 1.82) is 0 Å². The van der Waals surface area contributed by atoms with Gasteiger partial charge in [-0.15, -0.1) is 0 Å². The second kappa shape index (κ2) is 9.51. The van der Waals surface area contributed by atoms with Gasteiger partial charge in [0.25, 0.3) is 10.0 Å². The largest absolute Gasteiger partial charge is 0.367 e. The number of anilines is 1. The highest BCUT2D eigenvalue weighted by Gasteiger charge is 2.44. The lowest BCUT2D eigenvalue weighted by atomic mass is 9.90. The van der Waals surface area contributed by atoms with Gasteiger partial charge >= 0.3 is 0 Å². The molecule has 2 aromatic rings. The molecule has 0 atom stereocenters. The summed E-state index contributed by atoms with van der Waals surface area (Å²) in [6.07, 6.45) is 3.12. The zero-order chi connectivity index (χ0) is 23.6. The number of carbonyl (C=O) groups is 2. The predicted molar refractivity (Wildman–Crippen MR) is 130 cm³/mol. The lowest BCUT2D eigenvalue weighted by Gasteiger charge is -2.37. The first-order valence-corrected chi connectivity index (χ1v) is 13.1. The smallest absolute Gasteiger partial charge is 0.270 e. The van der Waals surface area contributed by atoms with E-state index in [9.17, 15) is 18.0 Å². The Morgan fingerprint density at radius 1 is 0.909 bits per heavy atom. The number of nitrogens with zero attached hydrogens (tertiary/aromatic N) is 2. The van der Waals surface area contributed by atoms with Gasteiger partial charge in [-0.05, 0) is 37.3 Å². The molecule has 1 heterocycles. The molecule has 0 saturated carbocycles. The zero-order valence-electron chi connectivity index (χ0n) is 19.2. The normalized spacial score (nSPS) is 17.3. The van der Waals surface area contributed by atoms with Gasteiger partial charge < -0.3 is 4.90 Å². The molecule has 1 fully saturated rings. The van der Waals surface area contributed by atoms with Crippen LogP contribution < -0.4 is 4.31 Å². The summed E-state index contributed by atoms with van der Waals surface area (Å²) in [5.74, 6) is -0.493. The summed E-state index contributed by atoms with van der Waals surface area (Å²) in [6, 6.07) is 15.3. The second-order valence-corrected chi connectivity index (χ2v) is 10.6. The lowest BCUT2D eigenvalue weighted by molar-refractivity contribution is 0.0932. The van der Waals surface area contributed by atoms with Crippen LogP contribution in [0.3, 0.4) is 0 Å². The van der Waals surface area contributed by atoms with Gasteiger partial charge in [-0.2, -0.15) is 0 Å². The standard InChI is InChI=1S/C26H30N2O4S/c1-3-4-16-28(20-10-6-5-7-11-20)33(31,32)26-23(27-17-14-19(2)15-18-27)24(29)21-12-8-9-13-22(21)25(26)30/h5-13,19H,3-4,14-18H2,1-2H3. The molecule has 1 saturated heterocycles. The van der Waals surface area contributed by atoms with Crippen LogP contribution in [0.1, 0.15) is 60.2 Å². The van der Waals surface area contributed by atoms with Gasteiger partial charge in [-0.1, -0.05) is 62.7 Å². The van der Waals surface area contributed by atoms with Crippen molar-refractivity contribution in [2.75, 3.05) is 23.9 Å². The van der Waals surface area contributed by atoms with Crippen molar-refractivity contribution in [2.24, 2.45) is 5.92 Å². The summed E-state index contributed by atoms with van der Waals surface area (Å²) in [4.78, 5) is 28.8. The number of piperidine rings is 1. The van der Waals surface area contributed by atoms with Crippen LogP contribution in [0, 0.1) is 5.92 Å². The van der Waals surface area contributed by atoms with Crippen LogP contribution in [0.15, 0.2) is 65.2 Å². The number of allylic oxidation sites excluding steroid dienone is 2. The third-order valence-electron chi connectivity index (χ3n) is 6.46. The summed E-state index contributed by atoms with van der Waals surface area (Å²) in [5, 5.41) is 0. The third-order valence-corrected chi connectivity index (χ3v) is 8.33. The second-order valence-electron chi connectivity index (χ2n) is 8.82. The molecule has 4 rings (SSSR count). The molecule has 1 aliphatic carbocycles. The van der Waals surface area contributed by atoms with E-state index >= 15 is 0 Å². The molecule has 2 aromatic carbocycles. The number of likely N-dealkylation sites (tertiary alicyclic amines) is 1. The Hall–Kier alpha value is -2.93. The van der Waals surface area contributed by atoms with Crippen molar-refractivity contribution in [3.8, 4) is 0 Å². The fourth-order valence-electron chi connectivity index (χ4n) is 4.49. The number of hydrogen-bond donors (Lipinski definition) is 0. The number of unbranched alkanes of at least 4 members (excludes halogenated alkanes) is 1. The van der Waals surface area contributed by atoms with E-state index in [1.807, 2.05) is 17.9 Å². The molecule has 0 radical (unpaired) electrons. The van der Waals surface area contributed by atoms with Crippen LogP contribution in [0.4, 0.5) is 5.69 Å². The quantitative estimate of drug-likeness (QED) is 0.594. The Balaban J connectivity index is 1.91. The molecule has 174 valence electrons. The number of carbonyl (C=O) groups excluding carboxylic acids is 2. The van der Waals surface area contributed by atoms with E-state index in [0.717, 1.165) is 19.3 Å². The number of rotatable bonds is 7. The zero-order valence-corrected chi connectivity index (χ0v) is 20.0.